The molecule has 4 aromatic rings. The molecule has 3 heterocycles. The van der Waals surface area contributed by atoms with Crippen molar-refractivity contribution in [3.63, 3.8) is 0 Å². The first-order chi connectivity index (χ1) is 16.0. The van der Waals surface area contributed by atoms with Gasteiger partial charge in [0.15, 0.2) is 11.6 Å². The number of hydrogen-bond acceptors (Lipinski definition) is 6. The molecule has 0 unspecified atom stereocenters. The van der Waals surface area contributed by atoms with Gasteiger partial charge in [0.05, 0.1) is 23.4 Å². The van der Waals surface area contributed by atoms with Crippen LogP contribution in [0.15, 0.2) is 59.8 Å². The van der Waals surface area contributed by atoms with Crippen molar-refractivity contribution >= 4 is 11.8 Å². The summed E-state index contributed by atoms with van der Waals surface area (Å²) in [4.78, 5) is 13.7. The van der Waals surface area contributed by atoms with E-state index in [1.54, 1.807) is 36.2 Å². The Labute approximate surface area is 195 Å². The second-order valence-electron chi connectivity index (χ2n) is 7.94. The number of aryl methyl sites for hydroxylation is 2. The van der Waals surface area contributed by atoms with Gasteiger partial charge in [0, 0.05) is 29.5 Å². The molecule has 1 aliphatic heterocycles. The number of halogens is 1. The van der Waals surface area contributed by atoms with Gasteiger partial charge in [-0.2, -0.15) is 4.98 Å². The van der Waals surface area contributed by atoms with Gasteiger partial charge >= 0.3 is 0 Å². The quantitative estimate of drug-likeness (QED) is 0.266. The van der Waals surface area contributed by atoms with Gasteiger partial charge in [0.25, 0.3) is 0 Å². The molecule has 1 aliphatic rings. The van der Waals surface area contributed by atoms with E-state index in [2.05, 4.69) is 29.0 Å². The summed E-state index contributed by atoms with van der Waals surface area (Å²) in [7, 11) is 0. The van der Waals surface area contributed by atoms with Gasteiger partial charge in [-0.3, -0.25) is 4.98 Å². The second kappa shape index (κ2) is 8.92. The largest absolute Gasteiger partial charge is 0.436 e. The molecule has 0 radical (unpaired) electrons. The molecule has 7 heteroatoms. The monoisotopic (exact) mass is 459 g/mol. The summed E-state index contributed by atoms with van der Waals surface area (Å²) in [5.74, 6) is 1.61. The van der Waals surface area contributed by atoms with Crippen LogP contribution in [0.2, 0.25) is 0 Å². The highest BCUT2D eigenvalue weighted by atomic mass is 32.2. The van der Waals surface area contributed by atoms with Gasteiger partial charge in [0.2, 0.25) is 5.88 Å². The topological polar surface area (TPSA) is 68.1 Å². The third-order valence-corrected chi connectivity index (χ3v) is 6.87. The third-order valence-electron chi connectivity index (χ3n) is 5.80. The molecule has 0 spiro atoms. The van der Waals surface area contributed by atoms with E-state index in [0.29, 0.717) is 40.6 Å². The number of fused-ring (bicyclic) bond motifs is 2. The average molecular weight is 460 g/mol. The lowest BCUT2D eigenvalue weighted by Gasteiger charge is -2.24. The fraction of sp³-hybridized carbons (Fsp3) is 0.192. The Morgan fingerprint density at radius 3 is 2.58 bits per heavy atom. The third kappa shape index (κ3) is 4.10. The molecule has 166 valence electrons. The van der Waals surface area contributed by atoms with E-state index in [-0.39, 0.29) is 18.2 Å². The highest BCUT2D eigenvalue weighted by molar-refractivity contribution is 7.98. The first kappa shape index (κ1) is 21.6. The number of nitrogens with zero attached hydrogens (tertiary/aromatic N) is 3. The van der Waals surface area contributed by atoms with E-state index in [4.69, 9.17) is 9.72 Å². The Morgan fingerprint density at radius 1 is 1.00 bits per heavy atom. The fourth-order valence-electron chi connectivity index (χ4n) is 3.89. The highest BCUT2D eigenvalue weighted by Crippen LogP contribution is 2.43. The molecule has 33 heavy (non-hydrogen) atoms. The molecule has 0 atom stereocenters. The Morgan fingerprint density at radius 2 is 1.79 bits per heavy atom. The Balaban J connectivity index is 1.62. The molecular formula is C26H22FN3O2S. The number of aromatic nitrogens is 3. The number of rotatable bonds is 5. The summed E-state index contributed by atoms with van der Waals surface area (Å²) in [5, 5.41) is 10.6. The maximum Gasteiger partial charge on any atom is 0.227 e. The van der Waals surface area contributed by atoms with Gasteiger partial charge in [-0.15, -0.1) is 11.8 Å². The molecule has 0 saturated carbocycles. The van der Waals surface area contributed by atoms with E-state index in [1.807, 2.05) is 19.1 Å². The summed E-state index contributed by atoms with van der Waals surface area (Å²) in [6, 6.07) is 14.7. The van der Waals surface area contributed by atoms with Crippen LogP contribution >= 0.6 is 11.8 Å². The summed E-state index contributed by atoms with van der Waals surface area (Å²) in [6.45, 7) is 3.81. The lowest BCUT2D eigenvalue weighted by molar-refractivity contribution is 0.278. The SMILES string of the molecule is Cc1ccccc1CSc1nc(-c2ccccc2F)nc2c1Cc1c(CO)cnc(C)c1O2. The van der Waals surface area contributed by atoms with Gasteiger partial charge in [-0.25, -0.2) is 9.37 Å². The number of hydrogen-bond donors (Lipinski definition) is 1. The van der Waals surface area contributed by atoms with Crippen LogP contribution in [0.3, 0.4) is 0 Å². The first-order valence-corrected chi connectivity index (χ1v) is 11.6. The zero-order valence-corrected chi connectivity index (χ0v) is 19.1. The van der Waals surface area contributed by atoms with E-state index in [0.717, 1.165) is 16.2 Å². The smallest absolute Gasteiger partial charge is 0.227 e. The minimum atomic E-state index is -0.385. The van der Waals surface area contributed by atoms with Crippen molar-refractivity contribution in [2.45, 2.75) is 37.7 Å². The Bertz CT molecular complexity index is 1360. The maximum atomic E-state index is 14.6. The van der Waals surface area contributed by atoms with Crippen molar-refractivity contribution in [3.05, 3.63) is 94.1 Å². The van der Waals surface area contributed by atoms with E-state index < -0.39 is 0 Å². The van der Waals surface area contributed by atoms with Crippen LogP contribution in [0.5, 0.6) is 11.6 Å². The number of ether oxygens (including phenoxy) is 1. The van der Waals surface area contributed by atoms with Crippen molar-refractivity contribution in [2.75, 3.05) is 0 Å². The summed E-state index contributed by atoms with van der Waals surface area (Å²) < 4.78 is 20.8. The molecule has 1 N–H and O–H groups in total. The Hall–Kier alpha value is -3.29. The number of aliphatic hydroxyl groups is 1. The highest BCUT2D eigenvalue weighted by Gasteiger charge is 2.28. The molecule has 0 bridgehead atoms. The molecule has 2 aromatic carbocycles. The predicted molar refractivity (Wildman–Crippen MR) is 126 cm³/mol. The summed E-state index contributed by atoms with van der Waals surface area (Å²) in [5.41, 5.74) is 5.89. The molecule has 2 aromatic heterocycles. The summed E-state index contributed by atoms with van der Waals surface area (Å²) in [6.07, 6.45) is 2.19. The van der Waals surface area contributed by atoms with Crippen LogP contribution in [-0.4, -0.2) is 20.1 Å². The minimum Gasteiger partial charge on any atom is -0.436 e. The minimum absolute atomic E-state index is 0.131. The molecule has 0 saturated heterocycles. The van der Waals surface area contributed by atoms with Crippen molar-refractivity contribution in [1.29, 1.82) is 0 Å². The number of pyridine rings is 1. The van der Waals surface area contributed by atoms with Crippen molar-refractivity contribution < 1.29 is 14.2 Å². The van der Waals surface area contributed by atoms with E-state index in [1.165, 1.54) is 17.2 Å². The first-order valence-electron chi connectivity index (χ1n) is 10.6. The summed E-state index contributed by atoms with van der Waals surface area (Å²) >= 11 is 1.58. The zero-order valence-electron chi connectivity index (χ0n) is 18.3. The predicted octanol–water partition coefficient (Wildman–Crippen LogP) is 5.78. The van der Waals surface area contributed by atoms with Gasteiger partial charge in [-0.05, 0) is 37.1 Å². The van der Waals surface area contributed by atoms with Crippen LogP contribution in [-0.2, 0) is 18.8 Å². The van der Waals surface area contributed by atoms with Crippen LogP contribution in [0.4, 0.5) is 4.39 Å². The Kier molecular flexibility index (Phi) is 5.83. The van der Waals surface area contributed by atoms with E-state index in [9.17, 15) is 9.50 Å². The molecular weight excluding hydrogens is 437 g/mol. The van der Waals surface area contributed by atoms with Gasteiger partial charge in [0.1, 0.15) is 10.8 Å². The molecule has 0 amide bonds. The van der Waals surface area contributed by atoms with Crippen LogP contribution in [0.25, 0.3) is 11.4 Å². The second-order valence-corrected chi connectivity index (χ2v) is 8.91. The van der Waals surface area contributed by atoms with Crippen LogP contribution in [0, 0.1) is 19.7 Å². The normalized spacial score (nSPS) is 12.1. The number of aliphatic hydroxyl groups excluding tert-OH is 1. The van der Waals surface area contributed by atoms with Crippen molar-refractivity contribution in [1.82, 2.24) is 15.0 Å². The zero-order chi connectivity index (χ0) is 22.9. The molecule has 5 rings (SSSR count). The van der Waals surface area contributed by atoms with E-state index >= 15 is 0 Å². The van der Waals surface area contributed by atoms with Gasteiger partial charge < -0.3 is 9.84 Å². The van der Waals surface area contributed by atoms with Crippen LogP contribution < -0.4 is 4.74 Å². The number of benzene rings is 2. The lowest BCUT2D eigenvalue weighted by atomic mass is 9.99. The fourth-order valence-corrected chi connectivity index (χ4v) is 5.00. The van der Waals surface area contributed by atoms with Crippen LogP contribution in [0.1, 0.15) is 33.5 Å². The standard InChI is InChI=1S/C26H22FN3O2S/c1-15-7-3-4-8-17(15)14-33-26-21-11-20-18(13-31)12-28-16(2)23(20)32-25(21)29-24(30-26)19-9-5-6-10-22(19)27/h3-10,12,31H,11,13-14H2,1-2H3. The molecule has 0 fully saturated rings. The maximum absolute atomic E-state index is 14.6. The van der Waals surface area contributed by atoms with Crippen molar-refractivity contribution in [3.8, 4) is 23.0 Å². The van der Waals surface area contributed by atoms with Gasteiger partial charge in [-0.1, -0.05) is 36.4 Å². The lowest BCUT2D eigenvalue weighted by Crippen LogP contribution is -2.13. The molecule has 0 aliphatic carbocycles. The number of thioether (sulfide) groups is 1. The molecule has 5 nitrogen and oxygen atoms in total. The average Bonchev–Trinajstić information content (AvgIpc) is 2.83. The van der Waals surface area contributed by atoms with Crippen molar-refractivity contribution in [2.24, 2.45) is 0 Å².